The maximum Gasteiger partial charge on any atom is 0.0488 e. The Hall–Kier alpha value is -7.20. The summed E-state index contributed by atoms with van der Waals surface area (Å²) in [7, 11) is 0. The number of nitrogens with zero attached hydrogens (tertiary/aromatic N) is 2. The third-order valence-electron chi connectivity index (χ3n) is 10.6. The van der Waals surface area contributed by atoms with Gasteiger partial charge in [-0.15, -0.1) is 11.3 Å². The van der Waals surface area contributed by atoms with Crippen molar-refractivity contribution in [1.29, 1.82) is 0 Å². The van der Waals surface area contributed by atoms with Crippen LogP contribution in [0.3, 0.4) is 0 Å². The lowest BCUT2D eigenvalue weighted by Crippen LogP contribution is -2.13. The van der Waals surface area contributed by atoms with Crippen LogP contribution in [0.5, 0.6) is 0 Å². The van der Waals surface area contributed by atoms with Crippen LogP contribution < -0.4 is 9.80 Å². The highest BCUT2D eigenvalue weighted by atomic mass is 32.1. The normalized spacial score (nSPS) is 11.2. The number of anilines is 6. The van der Waals surface area contributed by atoms with Gasteiger partial charge in [0.1, 0.15) is 0 Å². The maximum absolute atomic E-state index is 2.38. The first-order chi connectivity index (χ1) is 28.2. The minimum Gasteiger partial charge on any atom is -0.310 e. The van der Waals surface area contributed by atoms with E-state index < -0.39 is 0 Å². The predicted molar refractivity (Wildman–Crippen MR) is 245 cm³/mol. The smallest absolute Gasteiger partial charge is 0.0488 e. The lowest BCUT2D eigenvalue weighted by molar-refractivity contribution is 1.25. The van der Waals surface area contributed by atoms with Gasteiger partial charge in [-0.3, -0.25) is 0 Å². The van der Waals surface area contributed by atoms with Crippen LogP contribution in [0.15, 0.2) is 231 Å². The molecule has 1 heterocycles. The fourth-order valence-corrected chi connectivity index (χ4v) is 8.99. The summed E-state index contributed by atoms with van der Waals surface area (Å²) >= 11 is 1.86. The fraction of sp³-hybridized carbons (Fsp3) is 0. The Bertz CT molecular complexity index is 2780. The molecular formula is C54H38N2S. The minimum atomic E-state index is 1.07. The molecule has 0 saturated carbocycles. The lowest BCUT2D eigenvalue weighted by Gasteiger charge is -2.30. The molecule has 0 fully saturated rings. The first kappa shape index (κ1) is 34.3. The van der Waals surface area contributed by atoms with Crippen molar-refractivity contribution < 1.29 is 0 Å². The van der Waals surface area contributed by atoms with Crippen molar-refractivity contribution in [3.63, 3.8) is 0 Å². The molecule has 270 valence electrons. The first-order valence-electron chi connectivity index (χ1n) is 19.3. The summed E-state index contributed by atoms with van der Waals surface area (Å²) in [5.41, 5.74) is 13.6. The molecule has 2 nitrogen and oxygen atoms in total. The van der Waals surface area contributed by atoms with Crippen molar-refractivity contribution in [2.75, 3.05) is 9.80 Å². The van der Waals surface area contributed by atoms with Crippen LogP contribution in [0, 0.1) is 0 Å². The van der Waals surface area contributed by atoms with Gasteiger partial charge in [-0.2, -0.15) is 0 Å². The van der Waals surface area contributed by atoms with E-state index in [9.17, 15) is 0 Å². The van der Waals surface area contributed by atoms with E-state index in [1.807, 2.05) is 11.3 Å². The SMILES string of the molecule is c1ccc(-c2ccc(N(c3ccccc3)c3cc(-c4ccc5c(c4)sc4ccccc45)cc(N(c4ccccc4)c4ccc(-c5ccccc5)cc4)c3)cc2)cc1. The highest BCUT2D eigenvalue weighted by Crippen LogP contribution is 2.45. The molecule has 0 saturated heterocycles. The first-order valence-corrected chi connectivity index (χ1v) is 20.1. The molecule has 1 aromatic heterocycles. The number of thiophene rings is 1. The molecule has 0 unspecified atom stereocenters. The molecule has 10 rings (SSSR count). The Balaban J connectivity index is 1.18. The monoisotopic (exact) mass is 746 g/mol. The molecule has 0 aliphatic carbocycles. The van der Waals surface area contributed by atoms with Crippen LogP contribution in [0.1, 0.15) is 0 Å². The Kier molecular flexibility index (Phi) is 9.11. The van der Waals surface area contributed by atoms with Gasteiger partial charge < -0.3 is 9.80 Å². The van der Waals surface area contributed by atoms with Crippen molar-refractivity contribution in [2.24, 2.45) is 0 Å². The molecular weight excluding hydrogens is 709 g/mol. The zero-order valence-corrected chi connectivity index (χ0v) is 32.1. The summed E-state index contributed by atoms with van der Waals surface area (Å²) < 4.78 is 2.59. The second-order valence-corrected chi connectivity index (χ2v) is 15.3. The van der Waals surface area contributed by atoms with Gasteiger partial charge in [0.05, 0.1) is 0 Å². The molecule has 0 N–H and O–H groups in total. The quantitative estimate of drug-likeness (QED) is 0.145. The molecule has 3 heteroatoms. The Labute approximate surface area is 337 Å². The molecule has 10 aromatic rings. The van der Waals surface area contributed by atoms with E-state index in [4.69, 9.17) is 0 Å². The van der Waals surface area contributed by atoms with Gasteiger partial charge in [-0.25, -0.2) is 0 Å². The van der Waals surface area contributed by atoms with Gasteiger partial charge in [-0.1, -0.05) is 152 Å². The van der Waals surface area contributed by atoms with Crippen LogP contribution in [0.2, 0.25) is 0 Å². The highest BCUT2D eigenvalue weighted by molar-refractivity contribution is 7.25. The number of fused-ring (bicyclic) bond motifs is 3. The molecule has 0 bridgehead atoms. The number of hydrogen-bond donors (Lipinski definition) is 0. The van der Waals surface area contributed by atoms with Crippen molar-refractivity contribution in [3.8, 4) is 33.4 Å². The van der Waals surface area contributed by atoms with Crippen LogP contribution in [-0.2, 0) is 0 Å². The third-order valence-corrected chi connectivity index (χ3v) is 11.8. The summed E-state index contributed by atoms with van der Waals surface area (Å²) in [4.78, 5) is 4.75. The molecule has 0 amide bonds. The van der Waals surface area contributed by atoms with Gasteiger partial charge in [0.25, 0.3) is 0 Å². The summed E-state index contributed by atoms with van der Waals surface area (Å²) in [5.74, 6) is 0. The predicted octanol–water partition coefficient (Wildman–Crippen LogP) is 16.0. The Morgan fingerprint density at radius 2 is 0.614 bits per heavy atom. The molecule has 0 radical (unpaired) electrons. The zero-order chi connectivity index (χ0) is 38.0. The van der Waals surface area contributed by atoms with Gasteiger partial charge in [0.15, 0.2) is 0 Å². The molecule has 0 atom stereocenters. The van der Waals surface area contributed by atoms with Crippen LogP contribution in [-0.4, -0.2) is 0 Å². The van der Waals surface area contributed by atoms with Crippen molar-refractivity contribution in [2.45, 2.75) is 0 Å². The standard InChI is InChI=1S/C54H38N2S/c1-5-15-39(16-6-1)41-25-30-47(31-26-41)55(45-19-9-3-10-20-45)49-35-44(43-29-34-52-51-23-13-14-24-53(51)57-54(52)37-43)36-50(38-49)56(46-21-11-4-12-22-46)48-32-27-42(28-33-48)40-17-7-2-8-18-40/h1-38H. The molecule has 0 spiro atoms. The van der Waals surface area contributed by atoms with E-state index >= 15 is 0 Å². The lowest BCUT2D eigenvalue weighted by atomic mass is 10.00. The fourth-order valence-electron chi connectivity index (χ4n) is 7.84. The number of benzene rings is 9. The highest BCUT2D eigenvalue weighted by Gasteiger charge is 2.20. The summed E-state index contributed by atoms with van der Waals surface area (Å²) in [6, 6.07) is 83.1. The van der Waals surface area contributed by atoms with E-state index in [0.29, 0.717) is 0 Å². The topological polar surface area (TPSA) is 6.48 Å². The van der Waals surface area contributed by atoms with Crippen LogP contribution in [0.4, 0.5) is 34.1 Å². The second kappa shape index (κ2) is 15.1. The van der Waals surface area contributed by atoms with Gasteiger partial charge in [-0.05, 0) is 112 Å². The van der Waals surface area contributed by atoms with Gasteiger partial charge >= 0.3 is 0 Å². The molecule has 57 heavy (non-hydrogen) atoms. The van der Waals surface area contributed by atoms with E-state index in [0.717, 1.165) is 39.7 Å². The molecule has 0 aliphatic rings. The van der Waals surface area contributed by atoms with Gasteiger partial charge in [0, 0.05) is 54.3 Å². The average Bonchev–Trinajstić information content (AvgIpc) is 3.66. The largest absolute Gasteiger partial charge is 0.310 e. The average molecular weight is 747 g/mol. The Morgan fingerprint density at radius 1 is 0.228 bits per heavy atom. The van der Waals surface area contributed by atoms with E-state index in [2.05, 4.69) is 240 Å². The summed E-state index contributed by atoms with van der Waals surface area (Å²) in [5, 5.41) is 2.60. The minimum absolute atomic E-state index is 1.07. The maximum atomic E-state index is 2.38. The second-order valence-electron chi connectivity index (χ2n) is 14.2. The van der Waals surface area contributed by atoms with Crippen molar-refractivity contribution in [3.05, 3.63) is 231 Å². The van der Waals surface area contributed by atoms with Gasteiger partial charge in [0.2, 0.25) is 0 Å². The van der Waals surface area contributed by atoms with Crippen LogP contribution in [0.25, 0.3) is 53.6 Å². The van der Waals surface area contributed by atoms with E-state index in [1.165, 1.54) is 48.0 Å². The van der Waals surface area contributed by atoms with Crippen molar-refractivity contribution in [1.82, 2.24) is 0 Å². The number of rotatable bonds is 9. The third kappa shape index (κ3) is 6.86. The zero-order valence-electron chi connectivity index (χ0n) is 31.2. The molecule has 0 aliphatic heterocycles. The summed E-state index contributed by atoms with van der Waals surface area (Å²) in [6.45, 7) is 0. The molecule has 9 aromatic carbocycles. The Morgan fingerprint density at radius 3 is 1.12 bits per heavy atom. The van der Waals surface area contributed by atoms with E-state index in [-0.39, 0.29) is 0 Å². The van der Waals surface area contributed by atoms with E-state index in [1.54, 1.807) is 0 Å². The number of para-hydroxylation sites is 2. The van der Waals surface area contributed by atoms with Crippen LogP contribution >= 0.6 is 11.3 Å². The number of hydrogen-bond acceptors (Lipinski definition) is 3. The van der Waals surface area contributed by atoms with Crippen molar-refractivity contribution >= 4 is 65.6 Å². The summed E-state index contributed by atoms with van der Waals surface area (Å²) in [6.07, 6.45) is 0.